The van der Waals surface area contributed by atoms with Crippen LogP contribution in [0.2, 0.25) is 0 Å². The van der Waals surface area contributed by atoms with Gasteiger partial charge in [0.1, 0.15) is 18.2 Å². The summed E-state index contributed by atoms with van der Waals surface area (Å²) in [5.74, 6) is -2.00. The second-order valence-corrected chi connectivity index (χ2v) is 8.91. The van der Waals surface area contributed by atoms with Crippen molar-refractivity contribution >= 4 is 29.8 Å². The van der Waals surface area contributed by atoms with Crippen molar-refractivity contribution < 1.29 is 38.3 Å². The number of rotatable bonds is 5. The molecule has 1 fully saturated rings. The number of nitrogens with one attached hydrogen (secondary N) is 1. The maximum Gasteiger partial charge on any atom is 0.534 e. The van der Waals surface area contributed by atoms with Gasteiger partial charge in [0.2, 0.25) is 5.91 Å². The predicted molar refractivity (Wildman–Crippen MR) is 107 cm³/mol. The van der Waals surface area contributed by atoms with E-state index >= 15 is 0 Å². The molecule has 2 rings (SSSR count). The highest BCUT2D eigenvalue weighted by Gasteiger charge is 2.36. The molecule has 10 nitrogen and oxygen atoms in total. The van der Waals surface area contributed by atoms with E-state index in [0.29, 0.717) is 30.7 Å². The number of hydrogen-bond acceptors (Lipinski definition) is 8. The molecule has 1 saturated heterocycles. The van der Waals surface area contributed by atoms with Gasteiger partial charge in [-0.05, 0) is 52.5 Å². The zero-order valence-electron chi connectivity index (χ0n) is 18.4. The average Bonchev–Trinajstić information content (AvgIpc) is 2.96. The Balaban J connectivity index is 1.88. The summed E-state index contributed by atoms with van der Waals surface area (Å²) in [7, 11) is 0. The quantitative estimate of drug-likeness (QED) is 0.393. The summed E-state index contributed by atoms with van der Waals surface area (Å²) in [6, 6.07) is 0. The molecule has 1 aliphatic heterocycles. The SMILES string of the molecule is CC(C)(C)OC(=O)CNC(=O)[C@]1(C)CC/C=C/[C@H](OC(=O)ON2C(=O)CCC2=O)CC1. The monoisotopic (exact) mass is 438 g/mol. The Labute approximate surface area is 181 Å². The molecule has 172 valence electrons. The van der Waals surface area contributed by atoms with Crippen molar-refractivity contribution in [3.63, 3.8) is 0 Å². The van der Waals surface area contributed by atoms with Crippen molar-refractivity contribution in [2.24, 2.45) is 5.41 Å². The van der Waals surface area contributed by atoms with Gasteiger partial charge in [0, 0.05) is 18.3 Å². The third kappa shape index (κ3) is 7.37. The number of imide groups is 1. The molecular weight excluding hydrogens is 408 g/mol. The molecule has 10 heteroatoms. The lowest BCUT2D eigenvalue weighted by Crippen LogP contribution is -2.43. The van der Waals surface area contributed by atoms with Crippen molar-refractivity contribution in [1.82, 2.24) is 10.4 Å². The second kappa shape index (κ2) is 9.93. The summed E-state index contributed by atoms with van der Waals surface area (Å²) in [6.07, 6.45) is 3.45. The molecule has 3 amide bonds. The van der Waals surface area contributed by atoms with Crippen molar-refractivity contribution in [3.05, 3.63) is 12.2 Å². The molecule has 1 heterocycles. The second-order valence-electron chi connectivity index (χ2n) is 8.91. The van der Waals surface area contributed by atoms with Gasteiger partial charge in [-0.25, -0.2) is 4.79 Å². The highest BCUT2D eigenvalue weighted by Crippen LogP contribution is 2.33. The number of allylic oxidation sites excluding steroid dienone is 1. The Bertz CT molecular complexity index is 754. The summed E-state index contributed by atoms with van der Waals surface area (Å²) in [5.41, 5.74) is -1.42. The van der Waals surface area contributed by atoms with Crippen LogP contribution in [0.3, 0.4) is 0 Å². The Morgan fingerprint density at radius 3 is 2.42 bits per heavy atom. The molecule has 0 unspecified atom stereocenters. The molecule has 0 spiro atoms. The topological polar surface area (TPSA) is 128 Å². The first-order valence-corrected chi connectivity index (χ1v) is 10.3. The maximum absolute atomic E-state index is 12.7. The van der Waals surface area contributed by atoms with E-state index in [0.717, 1.165) is 0 Å². The van der Waals surface area contributed by atoms with Crippen LogP contribution in [0.25, 0.3) is 0 Å². The Morgan fingerprint density at radius 1 is 1.16 bits per heavy atom. The molecule has 1 N–H and O–H groups in total. The fraction of sp³-hybridized carbons (Fsp3) is 0.667. The van der Waals surface area contributed by atoms with Crippen LogP contribution in [0.15, 0.2) is 12.2 Å². The average molecular weight is 438 g/mol. The van der Waals surface area contributed by atoms with E-state index in [1.54, 1.807) is 39.8 Å². The van der Waals surface area contributed by atoms with E-state index in [2.05, 4.69) is 5.32 Å². The van der Waals surface area contributed by atoms with E-state index in [-0.39, 0.29) is 25.3 Å². The zero-order chi connectivity index (χ0) is 23.2. The van der Waals surface area contributed by atoms with E-state index in [1.165, 1.54) is 0 Å². The number of ether oxygens (including phenoxy) is 2. The Kier molecular flexibility index (Phi) is 7.80. The van der Waals surface area contributed by atoms with E-state index in [1.807, 2.05) is 0 Å². The molecule has 0 aromatic heterocycles. The van der Waals surface area contributed by atoms with Gasteiger partial charge in [-0.1, -0.05) is 18.1 Å². The lowest BCUT2D eigenvalue weighted by molar-refractivity contribution is -0.178. The van der Waals surface area contributed by atoms with Crippen molar-refractivity contribution in [3.8, 4) is 0 Å². The number of hydrogen-bond donors (Lipinski definition) is 1. The minimum atomic E-state index is -1.16. The first-order chi connectivity index (χ1) is 14.4. The number of carbonyl (C=O) groups excluding carboxylic acids is 5. The van der Waals surface area contributed by atoms with Crippen LogP contribution in [-0.2, 0) is 33.5 Å². The number of hydroxylamine groups is 2. The molecule has 0 radical (unpaired) electrons. The highest BCUT2D eigenvalue weighted by atomic mass is 16.8. The number of esters is 1. The molecular formula is C21H30N2O8. The van der Waals surface area contributed by atoms with Gasteiger partial charge in [0.25, 0.3) is 11.8 Å². The summed E-state index contributed by atoms with van der Waals surface area (Å²) < 4.78 is 10.4. The first kappa shape index (κ1) is 24.4. The molecule has 0 bridgehead atoms. The molecule has 0 aromatic carbocycles. The Hall–Kier alpha value is -2.91. The predicted octanol–water partition coefficient (Wildman–Crippen LogP) is 2.17. The van der Waals surface area contributed by atoms with Gasteiger partial charge in [0.15, 0.2) is 0 Å². The molecule has 31 heavy (non-hydrogen) atoms. The molecule has 0 saturated carbocycles. The van der Waals surface area contributed by atoms with E-state index in [9.17, 15) is 24.0 Å². The third-order valence-electron chi connectivity index (χ3n) is 4.97. The lowest BCUT2D eigenvalue weighted by Gasteiger charge is -2.31. The van der Waals surface area contributed by atoms with Crippen LogP contribution in [0.1, 0.15) is 66.2 Å². The first-order valence-electron chi connectivity index (χ1n) is 10.3. The summed E-state index contributed by atoms with van der Waals surface area (Å²) in [6.45, 7) is 6.79. The largest absolute Gasteiger partial charge is 0.534 e. The summed E-state index contributed by atoms with van der Waals surface area (Å²) >= 11 is 0. The van der Waals surface area contributed by atoms with Gasteiger partial charge in [-0.2, -0.15) is 0 Å². The standard InChI is InChI=1S/C21H30N2O8/c1-20(2,3)30-17(26)13-22-18(27)21(4)11-6-5-7-14(10-12-21)29-19(28)31-23-15(24)8-9-16(23)25/h5,7,14H,6,8-13H2,1-4H3,(H,22,27)/b7-5+/t14-,21+/m0/s1. The Morgan fingerprint density at radius 2 is 1.81 bits per heavy atom. The maximum atomic E-state index is 12.7. The molecule has 1 aliphatic carbocycles. The van der Waals surface area contributed by atoms with Crippen LogP contribution >= 0.6 is 0 Å². The van der Waals surface area contributed by atoms with Crippen molar-refractivity contribution in [2.75, 3.05) is 6.54 Å². The van der Waals surface area contributed by atoms with Gasteiger partial charge in [-0.3, -0.25) is 24.0 Å². The smallest absolute Gasteiger partial charge is 0.459 e. The van der Waals surface area contributed by atoms with E-state index in [4.69, 9.17) is 14.3 Å². The zero-order valence-corrected chi connectivity index (χ0v) is 18.4. The fourth-order valence-corrected chi connectivity index (χ4v) is 3.28. The van der Waals surface area contributed by atoms with Crippen molar-refractivity contribution in [2.45, 2.75) is 77.9 Å². The number of carbonyl (C=O) groups is 5. The summed E-state index contributed by atoms with van der Waals surface area (Å²) in [5, 5.41) is 3.05. The minimum Gasteiger partial charge on any atom is -0.459 e. The normalized spacial score (nSPS) is 25.3. The minimum absolute atomic E-state index is 0.00773. The number of nitrogens with zero attached hydrogens (tertiary/aromatic N) is 1. The number of amides is 3. The van der Waals surface area contributed by atoms with Crippen LogP contribution < -0.4 is 5.32 Å². The van der Waals surface area contributed by atoms with Crippen LogP contribution in [0.4, 0.5) is 4.79 Å². The molecule has 2 aliphatic rings. The van der Waals surface area contributed by atoms with E-state index < -0.39 is 41.1 Å². The third-order valence-corrected chi connectivity index (χ3v) is 4.97. The summed E-state index contributed by atoms with van der Waals surface area (Å²) in [4.78, 5) is 64.4. The van der Waals surface area contributed by atoms with Gasteiger partial charge < -0.3 is 14.8 Å². The van der Waals surface area contributed by atoms with Crippen LogP contribution in [0.5, 0.6) is 0 Å². The van der Waals surface area contributed by atoms with Crippen LogP contribution in [-0.4, -0.2) is 53.2 Å². The van der Waals surface area contributed by atoms with Gasteiger partial charge in [0.05, 0.1) is 0 Å². The lowest BCUT2D eigenvalue weighted by atomic mass is 9.78. The van der Waals surface area contributed by atoms with Gasteiger partial charge >= 0.3 is 12.1 Å². The fourth-order valence-electron chi connectivity index (χ4n) is 3.28. The molecule has 0 aromatic rings. The van der Waals surface area contributed by atoms with Crippen molar-refractivity contribution in [1.29, 1.82) is 0 Å². The van der Waals surface area contributed by atoms with Gasteiger partial charge in [-0.15, -0.1) is 0 Å². The molecule has 2 atom stereocenters. The van der Waals surface area contributed by atoms with Crippen LogP contribution in [0, 0.1) is 5.41 Å². The highest BCUT2D eigenvalue weighted by molar-refractivity contribution is 6.01.